The van der Waals surface area contributed by atoms with Gasteiger partial charge in [-0.3, -0.25) is 0 Å². The van der Waals surface area contributed by atoms with Gasteiger partial charge in [0, 0.05) is 5.56 Å². The van der Waals surface area contributed by atoms with Crippen LogP contribution in [-0.4, -0.2) is 4.99 Å². The van der Waals surface area contributed by atoms with Crippen LogP contribution in [0.5, 0.6) is 5.75 Å². The van der Waals surface area contributed by atoms with Crippen LogP contribution in [0.15, 0.2) is 48.5 Å². The minimum Gasteiger partial charge on any atom is -0.486 e. The first kappa shape index (κ1) is 13.6. The molecule has 0 amide bonds. The summed E-state index contributed by atoms with van der Waals surface area (Å²) >= 11 is 4.99. The molecule has 3 heteroatoms. The lowest BCUT2D eigenvalue weighted by atomic mass is 10.1. The van der Waals surface area contributed by atoms with E-state index in [1.807, 2.05) is 50.2 Å². The largest absolute Gasteiger partial charge is 0.486 e. The Balaban J connectivity index is 2.16. The molecule has 0 fully saturated rings. The Morgan fingerprint density at radius 2 is 1.84 bits per heavy atom. The fraction of sp³-hybridized carbons (Fsp3) is 0.188. The second-order valence-electron chi connectivity index (χ2n) is 4.51. The highest BCUT2D eigenvalue weighted by molar-refractivity contribution is 7.80. The number of hydrogen-bond acceptors (Lipinski definition) is 2. The smallest absolute Gasteiger partial charge is 0.121 e. The first-order valence-electron chi connectivity index (χ1n) is 6.20. The van der Waals surface area contributed by atoms with Gasteiger partial charge in [-0.05, 0) is 43.2 Å². The van der Waals surface area contributed by atoms with Crippen molar-refractivity contribution in [3.05, 3.63) is 65.2 Å². The lowest BCUT2D eigenvalue weighted by Crippen LogP contribution is -2.11. The highest BCUT2D eigenvalue weighted by Gasteiger charge is 2.08. The summed E-state index contributed by atoms with van der Waals surface area (Å²) in [5.41, 5.74) is 8.73. The van der Waals surface area contributed by atoms with Gasteiger partial charge in [-0.2, -0.15) is 0 Å². The van der Waals surface area contributed by atoms with Gasteiger partial charge in [0.15, 0.2) is 0 Å². The van der Waals surface area contributed by atoms with Crippen molar-refractivity contribution in [2.24, 2.45) is 5.73 Å². The molecule has 2 aromatic carbocycles. The molecular formula is C16H17NOS. The number of rotatable bonds is 4. The summed E-state index contributed by atoms with van der Waals surface area (Å²) in [7, 11) is 0. The molecule has 2 N–H and O–H groups in total. The zero-order valence-corrected chi connectivity index (χ0v) is 11.9. The standard InChI is InChI=1S/C16H17NOS/c1-11-10-14(8-9-15(11)16(17)19)18-12(2)13-6-4-3-5-7-13/h3-10,12H,1-2H3,(H2,17,19). The lowest BCUT2D eigenvalue weighted by molar-refractivity contribution is 0.227. The second kappa shape index (κ2) is 5.85. The molecule has 0 aromatic heterocycles. The van der Waals surface area contributed by atoms with E-state index in [9.17, 15) is 0 Å². The highest BCUT2D eigenvalue weighted by Crippen LogP contribution is 2.23. The molecule has 0 radical (unpaired) electrons. The number of hydrogen-bond donors (Lipinski definition) is 1. The van der Waals surface area contributed by atoms with Gasteiger partial charge in [0.1, 0.15) is 16.8 Å². The number of benzene rings is 2. The molecule has 0 aliphatic carbocycles. The Labute approximate surface area is 119 Å². The molecule has 1 atom stereocenters. The predicted molar refractivity (Wildman–Crippen MR) is 82.6 cm³/mol. The quantitative estimate of drug-likeness (QED) is 0.860. The molecule has 2 nitrogen and oxygen atoms in total. The fourth-order valence-electron chi connectivity index (χ4n) is 1.98. The van der Waals surface area contributed by atoms with E-state index in [1.165, 1.54) is 0 Å². The molecule has 98 valence electrons. The van der Waals surface area contributed by atoms with E-state index in [1.54, 1.807) is 0 Å². The fourth-order valence-corrected chi connectivity index (χ4v) is 2.21. The zero-order valence-electron chi connectivity index (χ0n) is 11.1. The first-order chi connectivity index (χ1) is 9.08. The molecule has 1 unspecified atom stereocenters. The second-order valence-corrected chi connectivity index (χ2v) is 4.95. The van der Waals surface area contributed by atoms with Crippen LogP contribution >= 0.6 is 12.2 Å². The van der Waals surface area contributed by atoms with Gasteiger partial charge in [-0.25, -0.2) is 0 Å². The number of thiocarbonyl (C=S) groups is 1. The van der Waals surface area contributed by atoms with Crippen molar-refractivity contribution in [1.29, 1.82) is 0 Å². The van der Waals surface area contributed by atoms with Crippen LogP contribution in [0.4, 0.5) is 0 Å². The van der Waals surface area contributed by atoms with Crippen LogP contribution in [0.3, 0.4) is 0 Å². The summed E-state index contributed by atoms with van der Waals surface area (Å²) in [5, 5.41) is 0. The zero-order chi connectivity index (χ0) is 13.8. The summed E-state index contributed by atoms with van der Waals surface area (Å²) in [6, 6.07) is 15.9. The lowest BCUT2D eigenvalue weighted by Gasteiger charge is -2.16. The van der Waals surface area contributed by atoms with E-state index in [-0.39, 0.29) is 6.10 Å². The molecule has 19 heavy (non-hydrogen) atoms. The van der Waals surface area contributed by atoms with Gasteiger partial charge in [0.25, 0.3) is 0 Å². The highest BCUT2D eigenvalue weighted by atomic mass is 32.1. The monoisotopic (exact) mass is 271 g/mol. The Kier molecular flexibility index (Phi) is 4.17. The van der Waals surface area contributed by atoms with Crippen LogP contribution in [0, 0.1) is 6.92 Å². The molecule has 0 aliphatic rings. The molecule has 0 saturated carbocycles. The van der Waals surface area contributed by atoms with Gasteiger partial charge < -0.3 is 10.5 Å². The van der Waals surface area contributed by atoms with E-state index in [4.69, 9.17) is 22.7 Å². The predicted octanol–water partition coefficient (Wildman–Crippen LogP) is 3.77. The van der Waals surface area contributed by atoms with Crippen molar-refractivity contribution in [3.8, 4) is 5.75 Å². The molecule has 0 aliphatic heterocycles. The van der Waals surface area contributed by atoms with Gasteiger partial charge in [-0.1, -0.05) is 42.5 Å². The van der Waals surface area contributed by atoms with E-state index >= 15 is 0 Å². The Morgan fingerprint density at radius 3 is 2.42 bits per heavy atom. The van der Waals surface area contributed by atoms with Crippen LogP contribution in [-0.2, 0) is 0 Å². The minimum atomic E-state index is 0.0104. The third-order valence-electron chi connectivity index (χ3n) is 3.05. The van der Waals surface area contributed by atoms with Crippen molar-refractivity contribution in [2.45, 2.75) is 20.0 Å². The van der Waals surface area contributed by atoms with Crippen molar-refractivity contribution >= 4 is 17.2 Å². The molecule has 0 spiro atoms. The average molecular weight is 271 g/mol. The van der Waals surface area contributed by atoms with Gasteiger partial charge in [0.2, 0.25) is 0 Å². The summed E-state index contributed by atoms with van der Waals surface area (Å²) in [6.45, 7) is 4.01. The third-order valence-corrected chi connectivity index (χ3v) is 3.27. The van der Waals surface area contributed by atoms with E-state index < -0.39 is 0 Å². The molecule has 0 bridgehead atoms. The third kappa shape index (κ3) is 3.32. The van der Waals surface area contributed by atoms with Gasteiger partial charge in [0.05, 0.1) is 0 Å². The van der Waals surface area contributed by atoms with Crippen molar-refractivity contribution in [3.63, 3.8) is 0 Å². The first-order valence-corrected chi connectivity index (χ1v) is 6.61. The minimum absolute atomic E-state index is 0.0104. The van der Waals surface area contributed by atoms with E-state index in [2.05, 4.69) is 12.1 Å². The van der Waals surface area contributed by atoms with Gasteiger partial charge >= 0.3 is 0 Å². The molecule has 0 heterocycles. The maximum atomic E-state index is 5.93. The Bertz CT molecular complexity index is 581. The van der Waals surface area contributed by atoms with Crippen LogP contribution in [0.25, 0.3) is 0 Å². The van der Waals surface area contributed by atoms with Crippen LogP contribution in [0.1, 0.15) is 29.7 Å². The molecular weight excluding hydrogens is 254 g/mol. The summed E-state index contributed by atoms with van der Waals surface area (Å²) in [6.07, 6.45) is 0.0104. The Morgan fingerprint density at radius 1 is 1.16 bits per heavy atom. The van der Waals surface area contributed by atoms with Crippen LogP contribution < -0.4 is 10.5 Å². The SMILES string of the molecule is Cc1cc(OC(C)c2ccccc2)ccc1C(N)=S. The van der Waals surface area contributed by atoms with Gasteiger partial charge in [-0.15, -0.1) is 0 Å². The molecule has 0 saturated heterocycles. The maximum Gasteiger partial charge on any atom is 0.121 e. The number of aryl methyl sites for hydroxylation is 1. The normalized spacial score (nSPS) is 11.9. The Hall–Kier alpha value is -1.87. The van der Waals surface area contributed by atoms with Crippen molar-refractivity contribution < 1.29 is 4.74 Å². The topological polar surface area (TPSA) is 35.2 Å². The maximum absolute atomic E-state index is 5.93. The molecule has 2 rings (SSSR count). The summed E-state index contributed by atoms with van der Waals surface area (Å²) < 4.78 is 5.93. The molecule has 2 aromatic rings. The average Bonchev–Trinajstić information content (AvgIpc) is 2.39. The summed E-state index contributed by atoms with van der Waals surface area (Å²) in [5.74, 6) is 0.828. The van der Waals surface area contributed by atoms with Crippen molar-refractivity contribution in [2.75, 3.05) is 0 Å². The number of ether oxygens (including phenoxy) is 1. The number of nitrogens with two attached hydrogens (primary N) is 1. The van der Waals surface area contributed by atoms with Crippen molar-refractivity contribution in [1.82, 2.24) is 0 Å². The summed E-state index contributed by atoms with van der Waals surface area (Å²) in [4.78, 5) is 0.417. The van der Waals surface area contributed by atoms with E-state index in [0.717, 1.165) is 22.4 Å². The van der Waals surface area contributed by atoms with Crippen LogP contribution in [0.2, 0.25) is 0 Å². The van der Waals surface area contributed by atoms with E-state index in [0.29, 0.717) is 4.99 Å².